The molecular formula is C20H15BrN6OS. The number of anilines is 1. The molecule has 2 aromatic heterocycles. The van der Waals surface area contributed by atoms with Gasteiger partial charge in [0.1, 0.15) is 0 Å². The van der Waals surface area contributed by atoms with Crippen LogP contribution in [0.25, 0.3) is 22.5 Å². The van der Waals surface area contributed by atoms with Crippen molar-refractivity contribution in [3.8, 4) is 28.4 Å². The molecule has 2 aromatic carbocycles. The first-order chi connectivity index (χ1) is 14.2. The number of fused-ring (bicyclic) bond motifs is 3. The molecule has 0 spiro atoms. The van der Waals surface area contributed by atoms with Gasteiger partial charge in [-0.05, 0) is 24.5 Å². The van der Waals surface area contributed by atoms with Crippen LogP contribution in [0.15, 0.2) is 64.4 Å². The maximum Gasteiger partial charge on any atom is 0.247 e. The number of H-pyrrole nitrogens is 1. The van der Waals surface area contributed by atoms with Crippen LogP contribution in [0.3, 0.4) is 0 Å². The summed E-state index contributed by atoms with van der Waals surface area (Å²) in [5, 5.41) is 19.9. The highest BCUT2D eigenvalue weighted by Crippen LogP contribution is 2.41. The molecule has 29 heavy (non-hydrogen) atoms. The van der Waals surface area contributed by atoms with Gasteiger partial charge >= 0.3 is 0 Å². The molecule has 7 nitrogen and oxygen atoms in total. The zero-order chi connectivity index (χ0) is 19.8. The third-order valence-corrected chi connectivity index (χ3v) is 5.62. The second-order valence-electron chi connectivity index (χ2n) is 6.35. The SMILES string of the molecule is CSc1nnc2c(n1)O[C@H](c1cn[nH]c1-c1ccccc1)Nc1ccc(Br)cc1-2. The highest BCUT2D eigenvalue weighted by atomic mass is 79.9. The molecule has 9 heteroatoms. The van der Waals surface area contributed by atoms with Gasteiger partial charge < -0.3 is 10.1 Å². The smallest absolute Gasteiger partial charge is 0.247 e. The molecule has 0 radical (unpaired) electrons. The normalized spacial score (nSPS) is 14.9. The van der Waals surface area contributed by atoms with E-state index in [1.54, 1.807) is 6.20 Å². The number of nitrogens with one attached hydrogen (secondary N) is 2. The molecule has 4 aromatic rings. The minimum atomic E-state index is -0.503. The lowest BCUT2D eigenvalue weighted by atomic mass is 10.1. The molecule has 1 atom stereocenters. The van der Waals surface area contributed by atoms with Crippen molar-refractivity contribution < 1.29 is 4.74 Å². The standard InChI is InChI=1S/C20H15BrN6OS/c1-29-20-24-19-17(26-27-20)13-9-12(21)7-8-15(13)23-18(28-19)14-10-22-25-16(14)11-5-3-2-4-6-11/h2-10,18,23H,1H3,(H,22,25)/t18-/m1/s1. The highest BCUT2D eigenvalue weighted by Gasteiger charge is 2.28. The van der Waals surface area contributed by atoms with Gasteiger partial charge in [-0.1, -0.05) is 58.0 Å². The van der Waals surface area contributed by atoms with Gasteiger partial charge in [0.2, 0.25) is 17.3 Å². The summed E-state index contributed by atoms with van der Waals surface area (Å²) in [4.78, 5) is 4.56. The van der Waals surface area contributed by atoms with Crippen molar-refractivity contribution >= 4 is 33.4 Å². The summed E-state index contributed by atoms with van der Waals surface area (Å²) in [7, 11) is 0. The van der Waals surface area contributed by atoms with Crippen LogP contribution in [0.4, 0.5) is 5.69 Å². The Labute approximate surface area is 179 Å². The van der Waals surface area contributed by atoms with Crippen molar-refractivity contribution in [3.05, 3.63) is 64.8 Å². The van der Waals surface area contributed by atoms with E-state index >= 15 is 0 Å². The lowest BCUT2D eigenvalue weighted by Crippen LogP contribution is -2.17. The highest BCUT2D eigenvalue weighted by molar-refractivity contribution is 9.10. The third kappa shape index (κ3) is 3.36. The second kappa shape index (κ2) is 7.49. The fourth-order valence-corrected chi connectivity index (χ4v) is 3.89. The van der Waals surface area contributed by atoms with Crippen molar-refractivity contribution in [3.63, 3.8) is 0 Å². The molecular weight excluding hydrogens is 452 g/mol. The molecule has 0 bridgehead atoms. The van der Waals surface area contributed by atoms with Crippen molar-refractivity contribution in [2.75, 3.05) is 11.6 Å². The molecule has 5 rings (SSSR count). The van der Waals surface area contributed by atoms with Gasteiger partial charge in [-0.25, -0.2) is 0 Å². The number of aromatic nitrogens is 5. The van der Waals surface area contributed by atoms with E-state index in [0.717, 1.165) is 32.5 Å². The number of thioether (sulfide) groups is 1. The Bertz CT molecular complexity index is 1180. The molecule has 2 N–H and O–H groups in total. The molecule has 3 heterocycles. The van der Waals surface area contributed by atoms with Crippen LogP contribution < -0.4 is 10.1 Å². The van der Waals surface area contributed by atoms with E-state index in [4.69, 9.17) is 4.74 Å². The number of hydrogen-bond acceptors (Lipinski definition) is 7. The molecule has 1 aliphatic rings. The molecule has 144 valence electrons. The Kier molecular flexibility index (Phi) is 4.69. The summed E-state index contributed by atoms with van der Waals surface area (Å²) in [5.74, 6) is 0.430. The Morgan fingerprint density at radius 3 is 2.79 bits per heavy atom. The van der Waals surface area contributed by atoms with Crippen molar-refractivity contribution in [1.29, 1.82) is 0 Å². The fourth-order valence-electron chi connectivity index (χ4n) is 3.23. The van der Waals surface area contributed by atoms with E-state index in [9.17, 15) is 0 Å². The Balaban J connectivity index is 1.66. The summed E-state index contributed by atoms with van der Waals surface area (Å²) < 4.78 is 7.25. The maximum atomic E-state index is 6.31. The predicted molar refractivity (Wildman–Crippen MR) is 116 cm³/mol. The van der Waals surface area contributed by atoms with Crippen molar-refractivity contribution in [2.24, 2.45) is 0 Å². The number of ether oxygens (including phenoxy) is 1. The molecule has 0 saturated carbocycles. The number of aromatic amines is 1. The van der Waals surface area contributed by atoms with Crippen LogP contribution in [0, 0.1) is 0 Å². The number of rotatable bonds is 3. The zero-order valence-electron chi connectivity index (χ0n) is 15.3. The lowest BCUT2D eigenvalue weighted by molar-refractivity contribution is 0.226. The van der Waals surface area contributed by atoms with Gasteiger partial charge in [-0.3, -0.25) is 5.10 Å². The van der Waals surface area contributed by atoms with Crippen LogP contribution in [0.1, 0.15) is 11.8 Å². The van der Waals surface area contributed by atoms with E-state index < -0.39 is 6.23 Å². The predicted octanol–water partition coefficient (Wildman–Crippen LogP) is 4.92. The van der Waals surface area contributed by atoms with Gasteiger partial charge in [0.25, 0.3) is 0 Å². The summed E-state index contributed by atoms with van der Waals surface area (Å²) in [5.41, 5.74) is 5.13. The van der Waals surface area contributed by atoms with E-state index in [1.165, 1.54) is 11.8 Å². The van der Waals surface area contributed by atoms with Crippen LogP contribution in [-0.4, -0.2) is 31.6 Å². The van der Waals surface area contributed by atoms with Gasteiger partial charge in [0, 0.05) is 21.3 Å². The summed E-state index contributed by atoms with van der Waals surface area (Å²) >= 11 is 4.95. The Hall–Kier alpha value is -2.91. The molecule has 0 amide bonds. The van der Waals surface area contributed by atoms with E-state index in [2.05, 4.69) is 46.6 Å². The minimum absolute atomic E-state index is 0.430. The largest absolute Gasteiger partial charge is 0.448 e. The lowest BCUT2D eigenvalue weighted by Gasteiger charge is -2.19. The third-order valence-electron chi connectivity index (χ3n) is 4.58. The van der Waals surface area contributed by atoms with Crippen LogP contribution in [0.2, 0.25) is 0 Å². The summed E-state index contributed by atoms with van der Waals surface area (Å²) in [6.45, 7) is 0. The Morgan fingerprint density at radius 2 is 1.97 bits per heavy atom. The van der Waals surface area contributed by atoms with Crippen LogP contribution in [-0.2, 0) is 0 Å². The topological polar surface area (TPSA) is 88.6 Å². The number of nitrogens with zero attached hydrogens (tertiary/aromatic N) is 4. The van der Waals surface area contributed by atoms with E-state index in [0.29, 0.717) is 16.7 Å². The first-order valence-corrected chi connectivity index (χ1v) is 10.8. The summed E-state index contributed by atoms with van der Waals surface area (Å²) in [6.07, 6.45) is 3.17. The van der Waals surface area contributed by atoms with E-state index in [-0.39, 0.29) is 0 Å². The second-order valence-corrected chi connectivity index (χ2v) is 8.04. The van der Waals surface area contributed by atoms with Gasteiger partial charge in [-0.15, -0.1) is 10.2 Å². The molecule has 1 aliphatic heterocycles. The zero-order valence-corrected chi connectivity index (χ0v) is 17.7. The van der Waals surface area contributed by atoms with Crippen molar-refractivity contribution in [2.45, 2.75) is 11.4 Å². The monoisotopic (exact) mass is 466 g/mol. The Morgan fingerprint density at radius 1 is 1.10 bits per heavy atom. The van der Waals surface area contributed by atoms with Crippen LogP contribution >= 0.6 is 27.7 Å². The average Bonchev–Trinajstić information content (AvgIpc) is 3.19. The van der Waals surface area contributed by atoms with Gasteiger partial charge in [-0.2, -0.15) is 10.1 Å². The first-order valence-electron chi connectivity index (χ1n) is 8.83. The van der Waals surface area contributed by atoms with Crippen LogP contribution in [0.5, 0.6) is 5.88 Å². The van der Waals surface area contributed by atoms with Gasteiger partial charge in [0.15, 0.2) is 5.69 Å². The molecule has 0 unspecified atom stereocenters. The average molecular weight is 467 g/mol. The molecule has 0 saturated heterocycles. The quantitative estimate of drug-likeness (QED) is 0.414. The van der Waals surface area contributed by atoms with E-state index in [1.807, 2.05) is 54.8 Å². The van der Waals surface area contributed by atoms with Crippen molar-refractivity contribution in [1.82, 2.24) is 25.4 Å². The number of hydrogen-bond donors (Lipinski definition) is 2. The number of halogens is 1. The maximum absolute atomic E-state index is 6.31. The molecule has 0 aliphatic carbocycles. The first kappa shape index (κ1) is 18.1. The van der Waals surface area contributed by atoms with Gasteiger partial charge in [0.05, 0.1) is 17.5 Å². The fraction of sp³-hybridized carbons (Fsp3) is 0.100. The minimum Gasteiger partial charge on any atom is -0.448 e. The number of benzene rings is 2. The summed E-state index contributed by atoms with van der Waals surface area (Å²) in [6, 6.07) is 16.0. The molecule has 0 fully saturated rings.